The summed E-state index contributed by atoms with van der Waals surface area (Å²) in [5.41, 5.74) is 1.28. The maximum absolute atomic E-state index is 13.6. The topological polar surface area (TPSA) is 62.1 Å². The van der Waals surface area contributed by atoms with Gasteiger partial charge in [0.25, 0.3) is 5.91 Å². The number of rotatable bonds is 6. The van der Waals surface area contributed by atoms with Crippen LogP contribution in [-0.2, 0) is 11.4 Å². The summed E-state index contributed by atoms with van der Waals surface area (Å²) in [6.07, 6.45) is 1.44. The number of hydrogen-bond donors (Lipinski definition) is 1. The van der Waals surface area contributed by atoms with Gasteiger partial charge in [0.15, 0.2) is 0 Å². The Morgan fingerprint density at radius 1 is 1.07 bits per heavy atom. The average Bonchev–Trinajstić information content (AvgIpc) is 2.75. The molecule has 3 rings (SSSR count). The van der Waals surface area contributed by atoms with E-state index in [0.29, 0.717) is 27.6 Å². The highest BCUT2D eigenvalue weighted by atomic mass is 35.5. The van der Waals surface area contributed by atoms with Gasteiger partial charge >= 0.3 is 0 Å². The molecule has 0 aliphatic heterocycles. The normalized spacial score (nSPS) is 10.9. The zero-order chi connectivity index (χ0) is 21.5. The van der Waals surface area contributed by atoms with E-state index in [-0.39, 0.29) is 23.0 Å². The summed E-state index contributed by atoms with van der Waals surface area (Å²) in [6, 6.07) is 19.8. The van der Waals surface area contributed by atoms with E-state index in [9.17, 15) is 14.4 Å². The van der Waals surface area contributed by atoms with Crippen LogP contribution >= 0.6 is 23.2 Å². The van der Waals surface area contributed by atoms with Crippen molar-refractivity contribution in [3.05, 3.63) is 99.3 Å². The quantitative estimate of drug-likeness (QED) is 0.363. The second-order valence-corrected chi connectivity index (χ2v) is 6.96. The number of carbonyl (C=O) groups is 1. The van der Waals surface area contributed by atoms with Crippen molar-refractivity contribution in [2.45, 2.75) is 6.61 Å². The minimum Gasteiger partial charge on any atom is -0.489 e. The van der Waals surface area contributed by atoms with Gasteiger partial charge in [-0.25, -0.2) is 4.39 Å². The molecule has 7 heteroatoms. The Morgan fingerprint density at radius 2 is 1.80 bits per heavy atom. The van der Waals surface area contributed by atoms with Crippen molar-refractivity contribution in [3.63, 3.8) is 0 Å². The highest BCUT2D eigenvalue weighted by Crippen LogP contribution is 2.29. The smallest absolute Gasteiger partial charge is 0.266 e. The lowest BCUT2D eigenvalue weighted by Crippen LogP contribution is -2.13. The van der Waals surface area contributed by atoms with Crippen molar-refractivity contribution in [3.8, 4) is 11.8 Å². The second kappa shape index (κ2) is 9.93. The number of nitriles is 1. The van der Waals surface area contributed by atoms with Gasteiger partial charge in [0.1, 0.15) is 29.8 Å². The maximum atomic E-state index is 13.6. The van der Waals surface area contributed by atoms with Crippen molar-refractivity contribution in [1.29, 1.82) is 5.26 Å². The lowest BCUT2D eigenvalue weighted by atomic mass is 10.1. The standard InChI is InChI=1S/C23H15Cl2FN2O2/c24-19-5-3-7-21(22(19)25)28-23(29)17(13-27)12-15-8-10-18(11-9-15)30-14-16-4-1-2-6-20(16)26/h1-12H,14H2,(H,28,29)/b17-12+. The Bertz CT molecular complexity index is 1140. The van der Waals surface area contributed by atoms with Crippen molar-refractivity contribution in [1.82, 2.24) is 0 Å². The first-order valence-electron chi connectivity index (χ1n) is 8.81. The van der Waals surface area contributed by atoms with Crippen LogP contribution in [0.1, 0.15) is 11.1 Å². The monoisotopic (exact) mass is 440 g/mol. The first kappa shape index (κ1) is 21.4. The van der Waals surface area contributed by atoms with Crippen LogP contribution in [0.3, 0.4) is 0 Å². The highest BCUT2D eigenvalue weighted by Gasteiger charge is 2.13. The van der Waals surface area contributed by atoms with E-state index in [2.05, 4.69) is 5.32 Å². The van der Waals surface area contributed by atoms with Crippen LogP contribution in [0, 0.1) is 17.1 Å². The fourth-order valence-electron chi connectivity index (χ4n) is 2.54. The van der Waals surface area contributed by atoms with E-state index < -0.39 is 5.91 Å². The van der Waals surface area contributed by atoms with E-state index in [4.69, 9.17) is 27.9 Å². The van der Waals surface area contributed by atoms with Gasteiger partial charge in [-0.15, -0.1) is 0 Å². The Morgan fingerprint density at radius 3 is 2.50 bits per heavy atom. The SMILES string of the molecule is N#C/C(=C\c1ccc(OCc2ccccc2F)cc1)C(=O)Nc1cccc(Cl)c1Cl. The largest absolute Gasteiger partial charge is 0.489 e. The van der Waals surface area contributed by atoms with E-state index in [1.54, 1.807) is 60.7 Å². The summed E-state index contributed by atoms with van der Waals surface area (Å²) in [5.74, 6) is -0.410. The fourth-order valence-corrected chi connectivity index (χ4v) is 2.89. The molecular weight excluding hydrogens is 426 g/mol. The molecule has 0 heterocycles. The van der Waals surface area contributed by atoms with Crippen molar-refractivity contribution >= 4 is 40.9 Å². The predicted molar refractivity (Wildman–Crippen MR) is 116 cm³/mol. The third-order valence-corrected chi connectivity index (χ3v) is 4.93. The van der Waals surface area contributed by atoms with Gasteiger partial charge in [0.2, 0.25) is 0 Å². The third-order valence-electron chi connectivity index (χ3n) is 4.11. The number of halogens is 3. The van der Waals surface area contributed by atoms with Gasteiger partial charge < -0.3 is 10.1 Å². The number of ether oxygens (including phenoxy) is 1. The molecule has 0 aromatic heterocycles. The van der Waals surface area contributed by atoms with Crippen LogP contribution < -0.4 is 10.1 Å². The highest BCUT2D eigenvalue weighted by molar-refractivity contribution is 6.44. The molecule has 3 aromatic rings. The zero-order valence-corrected chi connectivity index (χ0v) is 17.0. The average molecular weight is 441 g/mol. The van der Waals surface area contributed by atoms with Crippen LogP contribution in [0.15, 0.2) is 72.3 Å². The summed E-state index contributed by atoms with van der Waals surface area (Å²) in [4.78, 5) is 12.4. The van der Waals surface area contributed by atoms with E-state index in [1.807, 2.05) is 6.07 Å². The molecule has 30 heavy (non-hydrogen) atoms. The molecule has 1 N–H and O–H groups in total. The van der Waals surface area contributed by atoms with E-state index >= 15 is 0 Å². The Kier molecular flexibility index (Phi) is 7.08. The van der Waals surface area contributed by atoms with Crippen LogP contribution in [0.25, 0.3) is 6.08 Å². The second-order valence-electron chi connectivity index (χ2n) is 6.17. The lowest BCUT2D eigenvalue weighted by Gasteiger charge is -2.08. The molecule has 150 valence electrons. The van der Waals surface area contributed by atoms with Crippen LogP contribution in [0.2, 0.25) is 10.0 Å². The Balaban J connectivity index is 1.68. The summed E-state index contributed by atoms with van der Waals surface area (Å²) >= 11 is 12.0. The summed E-state index contributed by atoms with van der Waals surface area (Å²) in [5, 5.41) is 12.4. The first-order valence-corrected chi connectivity index (χ1v) is 9.57. The van der Waals surface area contributed by atoms with Crippen LogP contribution in [0.5, 0.6) is 5.75 Å². The molecular formula is C23H15Cl2FN2O2. The molecule has 0 atom stereocenters. The minimum atomic E-state index is -0.610. The Labute approximate surface area is 183 Å². The summed E-state index contributed by atoms with van der Waals surface area (Å²) < 4.78 is 19.2. The molecule has 4 nitrogen and oxygen atoms in total. The number of anilines is 1. The van der Waals surface area contributed by atoms with Gasteiger partial charge in [-0.05, 0) is 42.0 Å². The van der Waals surface area contributed by atoms with Gasteiger partial charge in [-0.2, -0.15) is 5.26 Å². The van der Waals surface area contributed by atoms with Gasteiger partial charge in [0, 0.05) is 5.56 Å². The molecule has 0 aliphatic carbocycles. The predicted octanol–water partition coefficient (Wildman–Crippen LogP) is 6.26. The van der Waals surface area contributed by atoms with Crippen molar-refractivity contribution in [2.75, 3.05) is 5.32 Å². The molecule has 0 saturated heterocycles. The molecule has 0 saturated carbocycles. The number of hydrogen-bond acceptors (Lipinski definition) is 3. The molecule has 3 aromatic carbocycles. The number of amides is 1. The number of nitrogens with one attached hydrogen (secondary N) is 1. The van der Waals surface area contributed by atoms with Gasteiger partial charge in [-0.3, -0.25) is 4.79 Å². The van der Waals surface area contributed by atoms with Crippen molar-refractivity contribution < 1.29 is 13.9 Å². The van der Waals surface area contributed by atoms with Gasteiger partial charge in [-0.1, -0.05) is 59.6 Å². The van der Waals surface area contributed by atoms with E-state index in [1.165, 1.54) is 12.1 Å². The van der Waals surface area contributed by atoms with Crippen LogP contribution in [0.4, 0.5) is 10.1 Å². The first-order chi connectivity index (χ1) is 14.5. The van der Waals surface area contributed by atoms with Crippen molar-refractivity contribution in [2.24, 2.45) is 0 Å². The molecule has 0 fully saturated rings. The summed E-state index contributed by atoms with van der Waals surface area (Å²) in [6.45, 7) is 0.0914. The Hall–Kier alpha value is -3.33. The molecule has 1 amide bonds. The van der Waals surface area contributed by atoms with Gasteiger partial charge in [0.05, 0.1) is 15.7 Å². The summed E-state index contributed by atoms with van der Waals surface area (Å²) in [7, 11) is 0. The van der Waals surface area contributed by atoms with E-state index in [0.717, 1.165) is 0 Å². The number of carbonyl (C=O) groups excluding carboxylic acids is 1. The maximum Gasteiger partial charge on any atom is 0.266 e. The molecule has 0 spiro atoms. The molecule has 0 unspecified atom stereocenters. The van der Waals surface area contributed by atoms with Crippen LogP contribution in [-0.4, -0.2) is 5.91 Å². The third kappa shape index (κ3) is 5.38. The minimum absolute atomic E-state index is 0.0914. The molecule has 0 aliphatic rings. The number of nitrogens with zero attached hydrogens (tertiary/aromatic N) is 1. The molecule has 0 bridgehead atoms. The zero-order valence-electron chi connectivity index (χ0n) is 15.5. The fraction of sp³-hybridized carbons (Fsp3) is 0.0435. The molecule has 0 radical (unpaired) electrons. The lowest BCUT2D eigenvalue weighted by molar-refractivity contribution is -0.112. The number of benzene rings is 3.